The van der Waals surface area contributed by atoms with Gasteiger partial charge >= 0.3 is 0 Å². The number of rotatable bonds is 6. The second-order valence-corrected chi connectivity index (χ2v) is 4.53. The lowest BCUT2D eigenvalue weighted by Gasteiger charge is -2.09. The van der Waals surface area contributed by atoms with Gasteiger partial charge in [0.1, 0.15) is 0 Å². The minimum absolute atomic E-state index is 0.700. The molecule has 0 fully saturated rings. The Morgan fingerprint density at radius 3 is 2.68 bits per heavy atom. The number of nitrogens with zero attached hydrogens (tertiary/aromatic N) is 1. The van der Waals surface area contributed by atoms with Crippen molar-refractivity contribution in [2.45, 2.75) is 19.9 Å². The van der Waals surface area contributed by atoms with Gasteiger partial charge in [-0.3, -0.25) is 0 Å². The van der Waals surface area contributed by atoms with Crippen LogP contribution in [0.15, 0.2) is 42.6 Å². The molecule has 1 aromatic heterocycles. The van der Waals surface area contributed by atoms with Crippen LogP contribution in [0.1, 0.15) is 16.7 Å². The van der Waals surface area contributed by atoms with Crippen LogP contribution in [0.25, 0.3) is 0 Å². The minimum atomic E-state index is 0.700. The zero-order chi connectivity index (χ0) is 13.5. The minimum Gasteiger partial charge on any atom is -0.481 e. The number of aromatic nitrogens is 1. The van der Waals surface area contributed by atoms with Crippen molar-refractivity contribution in [2.75, 3.05) is 13.7 Å². The molecule has 0 aliphatic heterocycles. The van der Waals surface area contributed by atoms with Crippen LogP contribution < -0.4 is 10.1 Å². The molecule has 0 bridgehead atoms. The number of methoxy groups -OCH3 is 1. The smallest absolute Gasteiger partial charge is 0.217 e. The van der Waals surface area contributed by atoms with E-state index >= 15 is 0 Å². The Balaban J connectivity index is 1.83. The Hall–Kier alpha value is -1.87. The number of hydrogen-bond donors (Lipinski definition) is 1. The molecule has 2 aromatic rings. The molecule has 0 aliphatic rings. The Bertz CT molecular complexity index is 526. The molecule has 0 saturated carbocycles. The van der Waals surface area contributed by atoms with E-state index < -0.39 is 0 Å². The van der Waals surface area contributed by atoms with Gasteiger partial charge in [0, 0.05) is 18.3 Å². The molecule has 0 aliphatic carbocycles. The fraction of sp³-hybridized carbons (Fsp3) is 0.312. The lowest BCUT2D eigenvalue weighted by Crippen LogP contribution is -2.17. The van der Waals surface area contributed by atoms with Crippen molar-refractivity contribution in [1.29, 1.82) is 0 Å². The third-order valence-electron chi connectivity index (χ3n) is 3.19. The molecule has 3 nitrogen and oxygen atoms in total. The van der Waals surface area contributed by atoms with Crippen molar-refractivity contribution >= 4 is 0 Å². The summed E-state index contributed by atoms with van der Waals surface area (Å²) in [6.07, 6.45) is 2.78. The van der Waals surface area contributed by atoms with Gasteiger partial charge in [-0.15, -0.1) is 0 Å². The number of nitrogens with one attached hydrogen (secondary N) is 1. The maximum atomic E-state index is 5.23. The predicted octanol–water partition coefficient (Wildman–Crippen LogP) is 2.73. The molecule has 0 unspecified atom stereocenters. The van der Waals surface area contributed by atoms with Crippen molar-refractivity contribution in [3.8, 4) is 5.88 Å². The van der Waals surface area contributed by atoms with Gasteiger partial charge in [0.05, 0.1) is 7.11 Å². The third-order valence-corrected chi connectivity index (χ3v) is 3.19. The van der Waals surface area contributed by atoms with E-state index in [4.69, 9.17) is 4.74 Å². The average molecular weight is 256 g/mol. The van der Waals surface area contributed by atoms with Crippen molar-refractivity contribution in [3.63, 3.8) is 0 Å². The van der Waals surface area contributed by atoms with Crippen LogP contribution in [0.5, 0.6) is 5.88 Å². The largest absolute Gasteiger partial charge is 0.481 e. The lowest BCUT2D eigenvalue weighted by atomic mass is 10.1. The zero-order valence-corrected chi connectivity index (χ0v) is 11.5. The van der Waals surface area contributed by atoms with Gasteiger partial charge < -0.3 is 10.1 Å². The number of benzene rings is 1. The van der Waals surface area contributed by atoms with Crippen LogP contribution in [-0.2, 0) is 13.0 Å². The Morgan fingerprint density at radius 1 is 1.11 bits per heavy atom. The number of hydrogen-bond acceptors (Lipinski definition) is 3. The van der Waals surface area contributed by atoms with E-state index in [1.54, 1.807) is 13.3 Å². The summed E-state index contributed by atoms with van der Waals surface area (Å²) in [5.41, 5.74) is 3.84. The van der Waals surface area contributed by atoms with Crippen LogP contribution in [0.3, 0.4) is 0 Å². The van der Waals surface area contributed by atoms with E-state index in [1.807, 2.05) is 12.1 Å². The van der Waals surface area contributed by atoms with Crippen molar-refractivity contribution in [2.24, 2.45) is 0 Å². The highest BCUT2D eigenvalue weighted by atomic mass is 16.5. The van der Waals surface area contributed by atoms with E-state index in [2.05, 4.69) is 41.5 Å². The van der Waals surface area contributed by atoms with E-state index in [-0.39, 0.29) is 0 Å². The summed E-state index contributed by atoms with van der Waals surface area (Å²) in [4.78, 5) is 4.19. The van der Waals surface area contributed by atoms with E-state index in [1.165, 1.54) is 11.1 Å². The highest BCUT2D eigenvalue weighted by molar-refractivity contribution is 5.26. The molecule has 0 amide bonds. The molecular formula is C16H20N2O. The standard InChI is InChI=1S/C16H20N2O/c1-13-6-3-4-7-14(13)9-11-17-12-15-8-5-10-18-16(15)19-2/h3-8,10,17H,9,11-12H2,1-2H3. The first-order valence-electron chi connectivity index (χ1n) is 6.54. The van der Waals surface area contributed by atoms with Gasteiger partial charge in [0.25, 0.3) is 0 Å². The summed E-state index contributed by atoms with van der Waals surface area (Å²) in [6, 6.07) is 12.5. The molecule has 0 radical (unpaired) electrons. The monoisotopic (exact) mass is 256 g/mol. The molecule has 0 saturated heterocycles. The SMILES string of the molecule is COc1ncccc1CNCCc1ccccc1C. The Labute approximate surface area is 114 Å². The second kappa shape index (κ2) is 6.90. The average Bonchev–Trinajstić information content (AvgIpc) is 2.45. The van der Waals surface area contributed by atoms with E-state index in [0.29, 0.717) is 5.88 Å². The highest BCUT2D eigenvalue weighted by Gasteiger charge is 2.02. The van der Waals surface area contributed by atoms with Gasteiger partial charge in [0.2, 0.25) is 5.88 Å². The first-order valence-corrected chi connectivity index (χ1v) is 6.54. The van der Waals surface area contributed by atoms with Crippen molar-refractivity contribution in [3.05, 3.63) is 59.3 Å². The topological polar surface area (TPSA) is 34.1 Å². The predicted molar refractivity (Wildman–Crippen MR) is 77.4 cm³/mol. The number of aryl methyl sites for hydroxylation is 1. The fourth-order valence-corrected chi connectivity index (χ4v) is 2.08. The van der Waals surface area contributed by atoms with Crippen LogP contribution in [0, 0.1) is 6.92 Å². The van der Waals surface area contributed by atoms with Crippen LogP contribution >= 0.6 is 0 Å². The molecule has 19 heavy (non-hydrogen) atoms. The molecule has 2 rings (SSSR count). The van der Waals surface area contributed by atoms with Crippen LogP contribution in [0.2, 0.25) is 0 Å². The van der Waals surface area contributed by atoms with Gasteiger partial charge in [-0.1, -0.05) is 30.3 Å². The molecule has 0 spiro atoms. The van der Waals surface area contributed by atoms with Gasteiger partial charge in [-0.2, -0.15) is 0 Å². The van der Waals surface area contributed by atoms with Gasteiger partial charge in [-0.05, 0) is 37.1 Å². The normalized spacial score (nSPS) is 10.4. The first-order chi connectivity index (χ1) is 9.31. The lowest BCUT2D eigenvalue weighted by molar-refractivity contribution is 0.390. The van der Waals surface area contributed by atoms with Crippen LogP contribution in [0.4, 0.5) is 0 Å². The van der Waals surface area contributed by atoms with E-state index in [0.717, 1.165) is 25.1 Å². The fourth-order valence-electron chi connectivity index (χ4n) is 2.08. The van der Waals surface area contributed by atoms with E-state index in [9.17, 15) is 0 Å². The molecule has 100 valence electrons. The van der Waals surface area contributed by atoms with Crippen molar-refractivity contribution in [1.82, 2.24) is 10.3 Å². The third kappa shape index (κ3) is 3.80. The molecule has 1 N–H and O–H groups in total. The molecule has 3 heteroatoms. The number of pyridine rings is 1. The first kappa shape index (κ1) is 13.6. The Morgan fingerprint density at radius 2 is 1.89 bits per heavy atom. The summed E-state index contributed by atoms with van der Waals surface area (Å²) in [5.74, 6) is 0.700. The van der Waals surface area contributed by atoms with Gasteiger partial charge in [-0.25, -0.2) is 4.98 Å². The quantitative estimate of drug-likeness (QED) is 0.807. The zero-order valence-electron chi connectivity index (χ0n) is 11.5. The van der Waals surface area contributed by atoms with Crippen molar-refractivity contribution < 1.29 is 4.74 Å². The molecule has 1 heterocycles. The summed E-state index contributed by atoms with van der Waals surface area (Å²) in [7, 11) is 1.65. The second-order valence-electron chi connectivity index (χ2n) is 4.53. The molecular weight excluding hydrogens is 236 g/mol. The van der Waals surface area contributed by atoms with Gasteiger partial charge in [0.15, 0.2) is 0 Å². The maximum absolute atomic E-state index is 5.23. The summed E-state index contributed by atoms with van der Waals surface area (Å²) in [5, 5.41) is 3.43. The molecule has 1 aromatic carbocycles. The molecule has 0 atom stereocenters. The van der Waals surface area contributed by atoms with Crippen LogP contribution in [-0.4, -0.2) is 18.6 Å². The number of ether oxygens (including phenoxy) is 1. The highest BCUT2D eigenvalue weighted by Crippen LogP contribution is 2.13. The summed E-state index contributed by atoms with van der Waals surface area (Å²) in [6.45, 7) is 3.88. The summed E-state index contributed by atoms with van der Waals surface area (Å²) < 4.78 is 5.23. The Kier molecular flexibility index (Phi) is 4.93. The summed E-state index contributed by atoms with van der Waals surface area (Å²) >= 11 is 0. The maximum Gasteiger partial charge on any atom is 0.217 e.